The van der Waals surface area contributed by atoms with E-state index in [1.165, 1.54) is 27.9 Å². The van der Waals surface area contributed by atoms with Crippen molar-refractivity contribution in [3.8, 4) is 28.2 Å². The zero-order valence-corrected chi connectivity index (χ0v) is 22.1. The van der Waals surface area contributed by atoms with Crippen LogP contribution >= 0.6 is 0 Å². The number of aryl methyl sites for hydroxylation is 1. The van der Waals surface area contributed by atoms with Gasteiger partial charge >= 0.3 is 0 Å². The second-order valence-electron chi connectivity index (χ2n) is 10.5. The first-order valence-electron chi connectivity index (χ1n) is 13.1. The number of benzene rings is 4. The fourth-order valence-corrected chi connectivity index (χ4v) is 5.42. The highest BCUT2D eigenvalue weighted by atomic mass is 16.3. The lowest BCUT2D eigenvalue weighted by molar-refractivity contribution is 0.614. The summed E-state index contributed by atoms with van der Waals surface area (Å²) in [6, 6.07) is 30.2. The number of para-hydroxylation sites is 3. The number of imidazole rings is 1. The van der Waals surface area contributed by atoms with Crippen LogP contribution in [-0.2, 0) is 0 Å². The normalized spacial score (nSPS) is 11.9. The maximum absolute atomic E-state index is 6.10. The fourth-order valence-electron chi connectivity index (χ4n) is 5.42. The maximum Gasteiger partial charge on any atom is 0.149 e. The predicted octanol–water partition coefficient (Wildman–Crippen LogP) is 9.66. The number of aromatic nitrogens is 2. The number of nitrogens with zero attached hydrogens (tertiary/aromatic N) is 2. The Bertz CT molecular complexity index is 1710. The van der Waals surface area contributed by atoms with Crippen LogP contribution in [0.15, 0.2) is 95.6 Å². The summed E-state index contributed by atoms with van der Waals surface area (Å²) in [6.07, 6.45) is 1.87. The lowest BCUT2D eigenvalue weighted by atomic mass is 9.88. The van der Waals surface area contributed by atoms with E-state index < -0.39 is 0 Å². The molecule has 0 aliphatic rings. The molecule has 0 saturated carbocycles. The van der Waals surface area contributed by atoms with Crippen LogP contribution < -0.4 is 0 Å². The van der Waals surface area contributed by atoms with Crippen LogP contribution in [0.25, 0.3) is 50.2 Å². The van der Waals surface area contributed by atoms with Crippen LogP contribution in [0, 0.1) is 6.92 Å². The van der Waals surface area contributed by atoms with Crippen molar-refractivity contribution in [1.82, 2.24) is 9.55 Å². The van der Waals surface area contributed by atoms with Gasteiger partial charge in [0.05, 0.1) is 22.3 Å². The molecule has 3 nitrogen and oxygen atoms in total. The van der Waals surface area contributed by atoms with Crippen molar-refractivity contribution < 1.29 is 4.42 Å². The van der Waals surface area contributed by atoms with E-state index in [9.17, 15) is 0 Å². The smallest absolute Gasteiger partial charge is 0.149 e. The van der Waals surface area contributed by atoms with Gasteiger partial charge in [0.25, 0.3) is 0 Å². The van der Waals surface area contributed by atoms with E-state index in [1.807, 2.05) is 6.26 Å². The Morgan fingerprint density at radius 1 is 0.730 bits per heavy atom. The monoisotopic (exact) mass is 484 g/mol. The molecule has 0 N–H and O–H groups in total. The van der Waals surface area contributed by atoms with E-state index in [0.29, 0.717) is 11.8 Å². The van der Waals surface area contributed by atoms with Crippen LogP contribution in [0.4, 0.5) is 0 Å². The van der Waals surface area contributed by atoms with Crippen LogP contribution in [0.5, 0.6) is 0 Å². The Kier molecular flexibility index (Phi) is 5.72. The Hall–Kier alpha value is -4.11. The molecular formula is C34H32N2O. The van der Waals surface area contributed by atoms with Crippen molar-refractivity contribution in [2.45, 2.75) is 46.5 Å². The van der Waals surface area contributed by atoms with Crippen LogP contribution in [0.2, 0.25) is 0 Å². The SMILES string of the molecule is Cc1cccc2c(-c3nc4ccccc4n3-c3c(C(C)C)cc(-c4ccccc4)cc3C(C)C)coc12. The third-order valence-corrected chi connectivity index (χ3v) is 7.34. The third kappa shape index (κ3) is 3.86. The van der Waals surface area contributed by atoms with Gasteiger partial charge in [-0.25, -0.2) is 4.98 Å². The van der Waals surface area contributed by atoms with Gasteiger partial charge in [0.15, 0.2) is 0 Å². The molecule has 2 heterocycles. The first kappa shape index (κ1) is 23.3. The molecule has 37 heavy (non-hydrogen) atoms. The summed E-state index contributed by atoms with van der Waals surface area (Å²) < 4.78 is 8.48. The zero-order chi connectivity index (χ0) is 25.7. The summed E-state index contributed by atoms with van der Waals surface area (Å²) in [6.45, 7) is 11.2. The standard InChI is InChI=1S/C34H32N2O/c1-21(2)27-18-25(24-13-7-6-8-14-24)19-28(22(3)4)32(27)36-31-17-10-9-16-30(31)35-34(36)29-20-37-33-23(5)12-11-15-26(29)33/h6-22H,1-5H3. The average Bonchev–Trinajstić information content (AvgIpc) is 3.50. The number of furan rings is 1. The summed E-state index contributed by atoms with van der Waals surface area (Å²) in [5.74, 6) is 1.57. The van der Waals surface area contributed by atoms with Crippen LogP contribution in [0.3, 0.4) is 0 Å². The molecule has 184 valence electrons. The predicted molar refractivity (Wildman–Crippen MR) is 155 cm³/mol. The third-order valence-electron chi connectivity index (χ3n) is 7.34. The molecule has 0 aliphatic carbocycles. The molecule has 0 unspecified atom stereocenters. The lowest BCUT2D eigenvalue weighted by Gasteiger charge is -2.24. The van der Waals surface area contributed by atoms with Crippen molar-refractivity contribution in [2.24, 2.45) is 0 Å². The zero-order valence-electron chi connectivity index (χ0n) is 22.1. The molecule has 4 aromatic carbocycles. The van der Waals surface area contributed by atoms with E-state index >= 15 is 0 Å². The number of hydrogen-bond acceptors (Lipinski definition) is 2. The number of fused-ring (bicyclic) bond motifs is 2. The van der Waals surface area contributed by atoms with E-state index in [-0.39, 0.29) is 0 Å². The average molecular weight is 485 g/mol. The lowest BCUT2D eigenvalue weighted by Crippen LogP contribution is -2.09. The van der Waals surface area contributed by atoms with Crippen molar-refractivity contribution in [2.75, 3.05) is 0 Å². The quantitative estimate of drug-likeness (QED) is 0.244. The number of rotatable bonds is 5. The molecule has 0 aliphatic heterocycles. The van der Waals surface area contributed by atoms with Gasteiger partial charge in [0.1, 0.15) is 17.7 Å². The Balaban J connectivity index is 1.73. The van der Waals surface area contributed by atoms with Crippen LogP contribution in [-0.4, -0.2) is 9.55 Å². The minimum atomic E-state index is 0.327. The highest BCUT2D eigenvalue weighted by molar-refractivity contribution is 5.96. The second kappa shape index (κ2) is 9.08. The van der Waals surface area contributed by atoms with E-state index in [2.05, 4.69) is 124 Å². The van der Waals surface area contributed by atoms with Gasteiger partial charge in [-0.1, -0.05) is 88.4 Å². The van der Waals surface area contributed by atoms with Gasteiger partial charge < -0.3 is 4.42 Å². The van der Waals surface area contributed by atoms with Gasteiger partial charge in [0.2, 0.25) is 0 Å². The molecular weight excluding hydrogens is 452 g/mol. The summed E-state index contributed by atoms with van der Waals surface area (Å²) in [5, 5.41) is 1.09. The molecule has 6 rings (SSSR count). The first-order valence-corrected chi connectivity index (χ1v) is 13.1. The van der Waals surface area contributed by atoms with Crippen molar-refractivity contribution in [3.05, 3.63) is 108 Å². The first-order chi connectivity index (χ1) is 17.9. The summed E-state index contributed by atoms with van der Waals surface area (Å²) in [7, 11) is 0. The minimum Gasteiger partial charge on any atom is -0.463 e. The summed E-state index contributed by atoms with van der Waals surface area (Å²) in [5.41, 5.74) is 11.5. The molecule has 0 atom stereocenters. The van der Waals surface area contributed by atoms with Crippen molar-refractivity contribution in [3.63, 3.8) is 0 Å². The van der Waals surface area contributed by atoms with Crippen molar-refractivity contribution in [1.29, 1.82) is 0 Å². The molecule has 0 spiro atoms. The van der Waals surface area contributed by atoms with Gasteiger partial charge in [-0.15, -0.1) is 0 Å². The largest absolute Gasteiger partial charge is 0.463 e. The van der Waals surface area contributed by atoms with Gasteiger partial charge in [-0.2, -0.15) is 0 Å². The van der Waals surface area contributed by atoms with E-state index in [4.69, 9.17) is 9.40 Å². The highest BCUT2D eigenvalue weighted by Gasteiger charge is 2.25. The summed E-state index contributed by atoms with van der Waals surface area (Å²) >= 11 is 0. The van der Waals surface area contributed by atoms with Gasteiger partial charge in [0, 0.05) is 5.39 Å². The molecule has 0 amide bonds. The Morgan fingerprint density at radius 2 is 1.41 bits per heavy atom. The molecule has 0 fully saturated rings. The molecule has 0 saturated heterocycles. The maximum atomic E-state index is 6.10. The topological polar surface area (TPSA) is 31.0 Å². The fraction of sp³-hybridized carbons (Fsp3) is 0.206. The molecule has 2 aromatic heterocycles. The Morgan fingerprint density at radius 3 is 2.11 bits per heavy atom. The van der Waals surface area contributed by atoms with E-state index in [0.717, 1.165) is 39.0 Å². The molecule has 0 radical (unpaired) electrons. The molecule has 6 aromatic rings. The second-order valence-corrected chi connectivity index (χ2v) is 10.5. The number of hydrogen-bond donors (Lipinski definition) is 0. The highest BCUT2D eigenvalue weighted by Crippen LogP contribution is 2.41. The van der Waals surface area contributed by atoms with Gasteiger partial charge in [-0.3, -0.25) is 4.57 Å². The van der Waals surface area contributed by atoms with Crippen molar-refractivity contribution >= 4 is 22.0 Å². The van der Waals surface area contributed by atoms with Crippen LogP contribution in [0.1, 0.15) is 56.2 Å². The molecule has 3 heteroatoms. The minimum absolute atomic E-state index is 0.327. The summed E-state index contributed by atoms with van der Waals surface area (Å²) in [4.78, 5) is 5.20. The molecule has 0 bridgehead atoms. The van der Waals surface area contributed by atoms with Gasteiger partial charge in [-0.05, 0) is 70.8 Å². The van der Waals surface area contributed by atoms with E-state index in [1.54, 1.807) is 0 Å². The Labute approximate surface area is 218 Å².